The van der Waals surface area contributed by atoms with Gasteiger partial charge in [0.2, 0.25) is 5.78 Å². The molecule has 0 radical (unpaired) electrons. The fourth-order valence-electron chi connectivity index (χ4n) is 1.50. The number of hydrogen-bond acceptors (Lipinski definition) is 4. The Morgan fingerprint density at radius 1 is 1.22 bits per heavy atom. The maximum absolute atomic E-state index is 12.2. The average Bonchev–Trinajstić information content (AvgIpc) is 2.85. The van der Waals surface area contributed by atoms with Crippen molar-refractivity contribution in [2.24, 2.45) is 0 Å². The Labute approximate surface area is 115 Å². The van der Waals surface area contributed by atoms with Crippen molar-refractivity contribution in [3.8, 4) is 0 Å². The highest BCUT2D eigenvalue weighted by Gasteiger charge is 2.11. The van der Waals surface area contributed by atoms with E-state index in [1.54, 1.807) is 47.4 Å². The molecule has 0 fully saturated rings. The van der Waals surface area contributed by atoms with Gasteiger partial charge in [0.05, 0.1) is 9.09 Å². The monoisotopic (exact) mass is 277 g/mol. The summed E-state index contributed by atoms with van der Waals surface area (Å²) in [5.74, 6) is 1.17. The van der Waals surface area contributed by atoms with Crippen molar-refractivity contribution in [3.63, 3.8) is 0 Å². The van der Waals surface area contributed by atoms with Gasteiger partial charge >= 0.3 is 0 Å². The second kappa shape index (κ2) is 6.07. The molecular weight excluding hydrogens is 262 g/mol. The van der Waals surface area contributed by atoms with Crippen LogP contribution in [-0.4, -0.2) is 11.5 Å². The zero-order valence-electron chi connectivity index (χ0n) is 10.2. The molecule has 94 valence electrons. The van der Waals surface area contributed by atoms with Gasteiger partial charge < -0.3 is 5.73 Å². The van der Waals surface area contributed by atoms with E-state index in [-0.39, 0.29) is 5.78 Å². The third-order valence-corrected chi connectivity index (χ3v) is 4.94. The van der Waals surface area contributed by atoms with Gasteiger partial charge in [-0.3, -0.25) is 4.79 Å². The van der Waals surface area contributed by atoms with Crippen LogP contribution >= 0.6 is 23.1 Å². The lowest BCUT2D eigenvalue weighted by atomic mass is 10.1. The number of nitrogens with two attached hydrogens (primary N) is 1. The number of thioether (sulfide) groups is 1. The molecule has 0 bridgehead atoms. The molecule has 0 aliphatic rings. The molecule has 0 atom stereocenters. The molecule has 1 aromatic carbocycles. The summed E-state index contributed by atoms with van der Waals surface area (Å²) in [5.41, 5.74) is 6.98. The third kappa shape index (κ3) is 3.15. The largest absolute Gasteiger partial charge is 0.399 e. The van der Waals surface area contributed by atoms with Crippen molar-refractivity contribution in [3.05, 3.63) is 46.8 Å². The number of rotatable bonds is 5. The van der Waals surface area contributed by atoms with E-state index in [0.717, 1.165) is 17.1 Å². The second-order valence-corrected chi connectivity index (χ2v) is 6.40. The highest BCUT2D eigenvalue weighted by molar-refractivity contribution is 8.01. The fourth-order valence-corrected chi connectivity index (χ4v) is 3.52. The standard InChI is InChI=1S/C14H15NOS2/c1-2-9-17-13-8-7-12(18-13)14(16)10-3-5-11(15)6-4-10/h3-8H,2,9,15H2,1H3. The minimum Gasteiger partial charge on any atom is -0.399 e. The Kier molecular flexibility index (Phi) is 4.44. The summed E-state index contributed by atoms with van der Waals surface area (Å²) in [7, 11) is 0. The zero-order valence-corrected chi connectivity index (χ0v) is 11.8. The molecule has 2 N–H and O–H groups in total. The van der Waals surface area contributed by atoms with E-state index < -0.39 is 0 Å². The van der Waals surface area contributed by atoms with Crippen molar-refractivity contribution in [1.29, 1.82) is 0 Å². The van der Waals surface area contributed by atoms with Crippen LogP contribution in [-0.2, 0) is 0 Å². The summed E-state index contributed by atoms with van der Waals surface area (Å²) >= 11 is 3.36. The molecule has 0 saturated heterocycles. The molecule has 0 aliphatic carbocycles. The van der Waals surface area contributed by atoms with Gasteiger partial charge in [-0.05, 0) is 48.6 Å². The lowest BCUT2D eigenvalue weighted by Gasteiger charge is -1.98. The quantitative estimate of drug-likeness (QED) is 0.509. The first-order valence-electron chi connectivity index (χ1n) is 5.83. The molecule has 0 saturated carbocycles. The fraction of sp³-hybridized carbons (Fsp3) is 0.214. The number of thiophene rings is 1. The van der Waals surface area contributed by atoms with Gasteiger partial charge in [0.15, 0.2) is 0 Å². The normalized spacial score (nSPS) is 10.5. The van der Waals surface area contributed by atoms with Crippen LogP contribution < -0.4 is 5.73 Å². The second-order valence-electron chi connectivity index (χ2n) is 3.92. The van der Waals surface area contributed by atoms with Gasteiger partial charge in [0.25, 0.3) is 0 Å². The van der Waals surface area contributed by atoms with Crippen LogP contribution in [0.4, 0.5) is 5.69 Å². The van der Waals surface area contributed by atoms with Gasteiger partial charge in [-0.1, -0.05) is 6.92 Å². The predicted molar refractivity (Wildman–Crippen MR) is 79.6 cm³/mol. The lowest BCUT2D eigenvalue weighted by Crippen LogP contribution is -1.98. The highest BCUT2D eigenvalue weighted by atomic mass is 32.2. The molecule has 1 heterocycles. The van der Waals surface area contributed by atoms with E-state index in [1.165, 1.54) is 4.21 Å². The number of benzene rings is 1. The van der Waals surface area contributed by atoms with Crippen molar-refractivity contribution in [1.82, 2.24) is 0 Å². The lowest BCUT2D eigenvalue weighted by molar-refractivity contribution is 0.104. The van der Waals surface area contributed by atoms with Crippen molar-refractivity contribution >= 4 is 34.6 Å². The number of carbonyl (C=O) groups excluding carboxylic acids is 1. The highest BCUT2D eigenvalue weighted by Crippen LogP contribution is 2.29. The van der Waals surface area contributed by atoms with E-state index in [0.29, 0.717) is 11.3 Å². The Morgan fingerprint density at radius 2 is 1.94 bits per heavy atom. The van der Waals surface area contributed by atoms with Crippen LogP contribution in [0.2, 0.25) is 0 Å². The maximum Gasteiger partial charge on any atom is 0.202 e. The molecular formula is C14H15NOS2. The Morgan fingerprint density at radius 3 is 2.61 bits per heavy atom. The summed E-state index contributed by atoms with van der Waals surface area (Å²) in [6.45, 7) is 2.15. The van der Waals surface area contributed by atoms with Crippen molar-refractivity contribution < 1.29 is 4.79 Å². The van der Waals surface area contributed by atoms with E-state index >= 15 is 0 Å². The van der Waals surface area contributed by atoms with Gasteiger partial charge in [0.1, 0.15) is 0 Å². The number of ketones is 1. The minimum absolute atomic E-state index is 0.0725. The minimum atomic E-state index is 0.0725. The Bertz CT molecular complexity index is 531. The average molecular weight is 277 g/mol. The van der Waals surface area contributed by atoms with Crippen LogP contribution in [0.1, 0.15) is 28.6 Å². The summed E-state index contributed by atoms with van der Waals surface area (Å²) < 4.78 is 1.20. The van der Waals surface area contributed by atoms with E-state index in [9.17, 15) is 4.79 Å². The summed E-state index contributed by atoms with van der Waals surface area (Å²) in [6.07, 6.45) is 1.14. The van der Waals surface area contributed by atoms with Crippen LogP contribution in [0, 0.1) is 0 Å². The van der Waals surface area contributed by atoms with E-state index in [2.05, 4.69) is 6.92 Å². The molecule has 0 amide bonds. The molecule has 2 nitrogen and oxygen atoms in total. The summed E-state index contributed by atoms with van der Waals surface area (Å²) in [4.78, 5) is 13.0. The Balaban J connectivity index is 2.13. The van der Waals surface area contributed by atoms with Gasteiger partial charge in [-0.25, -0.2) is 0 Å². The number of nitrogen functional groups attached to an aromatic ring is 1. The maximum atomic E-state index is 12.2. The number of hydrogen-bond donors (Lipinski definition) is 1. The number of carbonyl (C=O) groups is 1. The SMILES string of the molecule is CCCSc1ccc(C(=O)c2ccc(N)cc2)s1. The Hall–Kier alpha value is -1.26. The molecule has 18 heavy (non-hydrogen) atoms. The summed E-state index contributed by atoms with van der Waals surface area (Å²) in [6, 6.07) is 11.0. The molecule has 2 rings (SSSR count). The molecule has 4 heteroatoms. The van der Waals surface area contributed by atoms with Gasteiger partial charge in [-0.2, -0.15) is 0 Å². The first kappa shape index (κ1) is 13.2. The predicted octanol–water partition coefficient (Wildman–Crippen LogP) is 4.06. The topological polar surface area (TPSA) is 43.1 Å². The van der Waals surface area contributed by atoms with Crippen molar-refractivity contribution in [2.45, 2.75) is 17.6 Å². The zero-order chi connectivity index (χ0) is 13.0. The third-order valence-electron chi connectivity index (χ3n) is 2.43. The molecule has 0 aliphatic heterocycles. The molecule has 0 unspecified atom stereocenters. The van der Waals surface area contributed by atoms with E-state index in [4.69, 9.17) is 5.73 Å². The van der Waals surface area contributed by atoms with Crippen LogP contribution in [0.5, 0.6) is 0 Å². The summed E-state index contributed by atoms with van der Waals surface area (Å²) in [5, 5.41) is 0. The van der Waals surface area contributed by atoms with Crippen LogP contribution in [0.25, 0.3) is 0 Å². The van der Waals surface area contributed by atoms with Crippen LogP contribution in [0.3, 0.4) is 0 Å². The van der Waals surface area contributed by atoms with E-state index in [1.807, 2.05) is 12.1 Å². The number of anilines is 1. The smallest absolute Gasteiger partial charge is 0.202 e. The van der Waals surface area contributed by atoms with Gasteiger partial charge in [0, 0.05) is 11.3 Å². The molecule has 1 aromatic heterocycles. The first-order valence-corrected chi connectivity index (χ1v) is 7.64. The first-order chi connectivity index (χ1) is 8.70. The molecule has 2 aromatic rings. The van der Waals surface area contributed by atoms with Gasteiger partial charge in [-0.15, -0.1) is 23.1 Å². The molecule has 0 spiro atoms. The van der Waals surface area contributed by atoms with Crippen LogP contribution in [0.15, 0.2) is 40.6 Å². The van der Waals surface area contributed by atoms with Crippen molar-refractivity contribution in [2.75, 3.05) is 11.5 Å².